The van der Waals surface area contributed by atoms with Gasteiger partial charge in [-0.15, -0.1) is 0 Å². The lowest BCUT2D eigenvalue weighted by Gasteiger charge is -2.24. The van der Waals surface area contributed by atoms with Gasteiger partial charge in [-0.1, -0.05) is 29.8 Å². The van der Waals surface area contributed by atoms with Gasteiger partial charge >= 0.3 is 0 Å². The van der Waals surface area contributed by atoms with Crippen LogP contribution in [0, 0.1) is 11.7 Å². The molecule has 27 heavy (non-hydrogen) atoms. The van der Waals surface area contributed by atoms with Gasteiger partial charge in [0.2, 0.25) is 0 Å². The van der Waals surface area contributed by atoms with Crippen molar-refractivity contribution in [1.29, 1.82) is 0 Å². The van der Waals surface area contributed by atoms with Crippen LogP contribution in [-0.2, 0) is 13.2 Å². The minimum absolute atomic E-state index is 0.434. The molecule has 5 nitrogen and oxygen atoms in total. The minimum atomic E-state index is 0.434. The molecule has 0 radical (unpaired) electrons. The first-order valence-electron chi connectivity index (χ1n) is 9.56. The van der Waals surface area contributed by atoms with Crippen LogP contribution < -0.4 is 0 Å². The average Bonchev–Trinajstić information content (AvgIpc) is 3.28. The van der Waals surface area contributed by atoms with Crippen LogP contribution in [0.1, 0.15) is 36.9 Å². The Morgan fingerprint density at radius 2 is 1.85 bits per heavy atom. The first-order chi connectivity index (χ1) is 13.2. The summed E-state index contributed by atoms with van der Waals surface area (Å²) in [5, 5.41) is 4.86. The molecule has 140 valence electrons. The third kappa shape index (κ3) is 3.59. The quantitative estimate of drug-likeness (QED) is 0.608. The molecule has 0 amide bonds. The Hall–Kier alpha value is -2.31. The summed E-state index contributed by atoms with van der Waals surface area (Å²) < 4.78 is 4.85. The summed E-state index contributed by atoms with van der Waals surface area (Å²) >= 11 is 5.74. The molecule has 0 bridgehead atoms. The molecule has 1 aliphatic heterocycles. The van der Waals surface area contributed by atoms with Crippen molar-refractivity contribution in [3.8, 4) is 11.4 Å². The molecule has 3 heterocycles. The summed E-state index contributed by atoms with van der Waals surface area (Å²) in [4.78, 5) is 6.60. The lowest BCUT2D eigenvalue weighted by atomic mass is 10.0. The van der Waals surface area contributed by atoms with Gasteiger partial charge in [-0.05, 0) is 56.6 Å². The molecule has 4 rings (SSSR count). The Balaban J connectivity index is 1.63. The van der Waals surface area contributed by atoms with Gasteiger partial charge in [0.1, 0.15) is 0 Å². The van der Waals surface area contributed by atoms with Gasteiger partial charge in [0, 0.05) is 37.1 Å². The Morgan fingerprint density at radius 3 is 2.56 bits per heavy atom. The van der Waals surface area contributed by atoms with Gasteiger partial charge in [-0.3, -0.25) is 9.88 Å². The molecule has 1 atom stereocenters. The maximum Gasteiger partial charge on any atom is 0.199 e. The zero-order chi connectivity index (χ0) is 18.8. The van der Waals surface area contributed by atoms with E-state index in [1.54, 1.807) is 12.4 Å². The van der Waals surface area contributed by atoms with Crippen molar-refractivity contribution in [2.45, 2.75) is 45.9 Å². The summed E-state index contributed by atoms with van der Waals surface area (Å²) in [6.45, 7) is 6.84. The molecule has 1 unspecified atom stereocenters. The maximum absolute atomic E-state index is 5.74. The summed E-state index contributed by atoms with van der Waals surface area (Å²) in [6, 6.07) is 13.3. The van der Waals surface area contributed by atoms with E-state index in [2.05, 4.69) is 52.6 Å². The molecule has 6 heteroatoms. The van der Waals surface area contributed by atoms with Gasteiger partial charge < -0.3 is 4.57 Å². The van der Waals surface area contributed by atoms with Gasteiger partial charge in [-0.2, -0.15) is 5.10 Å². The summed E-state index contributed by atoms with van der Waals surface area (Å²) in [5.74, 6) is 0.913. The van der Waals surface area contributed by atoms with E-state index < -0.39 is 0 Å². The van der Waals surface area contributed by atoms with E-state index in [0.717, 1.165) is 35.9 Å². The predicted octanol–water partition coefficient (Wildman–Crippen LogP) is 4.60. The Morgan fingerprint density at radius 1 is 1.11 bits per heavy atom. The van der Waals surface area contributed by atoms with Gasteiger partial charge in [0.25, 0.3) is 0 Å². The molecule has 0 spiro atoms. The molecule has 1 aromatic carbocycles. The number of pyridine rings is 1. The number of nitrogens with zero attached hydrogens (tertiary/aromatic N) is 5. The number of hydrogen-bond donors (Lipinski definition) is 0. The largest absolute Gasteiger partial charge is 0.300 e. The molecule has 0 aliphatic carbocycles. The van der Waals surface area contributed by atoms with Crippen LogP contribution in [0.5, 0.6) is 0 Å². The maximum atomic E-state index is 5.74. The van der Waals surface area contributed by atoms with Crippen molar-refractivity contribution in [3.63, 3.8) is 0 Å². The van der Waals surface area contributed by atoms with Crippen molar-refractivity contribution >= 4 is 12.2 Å². The lowest BCUT2D eigenvalue weighted by Crippen LogP contribution is -2.27. The SMILES string of the molecule is CCn1c(-c2ccncc2)nn(CN2CCCC2c2ccc(C)cc2)c1=S. The van der Waals surface area contributed by atoms with Crippen LogP contribution in [-0.4, -0.2) is 30.8 Å². The fraction of sp³-hybridized carbons (Fsp3) is 0.381. The van der Waals surface area contributed by atoms with Crippen LogP contribution in [0.25, 0.3) is 11.4 Å². The smallest absolute Gasteiger partial charge is 0.199 e. The normalized spacial score (nSPS) is 17.5. The molecular weight excluding hydrogens is 354 g/mol. The molecule has 1 saturated heterocycles. The highest BCUT2D eigenvalue weighted by molar-refractivity contribution is 7.71. The van der Waals surface area contributed by atoms with Crippen LogP contribution in [0.3, 0.4) is 0 Å². The molecular formula is C21H25N5S. The molecule has 2 aromatic heterocycles. The van der Waals surface area contributed by atoms with E-state index in [1.165, 1.54) is 24.0 Å². The summed E-state index contributed by atoms with van der Waals surface area (Å²) in [6.07, 6.45) is 5.98. The first kappa shape index (κ1) is 18.1. The van der Waals surface area contributed by atoms with Crippen LogP contribution in [0.15, 0.2) is 48.8 Å². The second-order valence-electron chi connectivity index (χ2n) is 7.11. The van der Waals surface area contributed by atoms with E-state index >= 15 is 0 Å². The average molecular weight is 380 g/mol. The molecule has 0 N–H and O–H groups in total. The van der Waals surface area contributed by atoms with E-state index in [1.807, 2.05) is 16.8 Å². The molecule has 1 fully saturated rings. The van der Waals surface area contributed by atoms with Gasteiger partial charge in [-0.25, -0.2) is 4.68 Å². The fourth-order valence-corrected chi connectivity index (χ4v) is 4.18. The van der Waals surface area contributed by atoms with Crippen molar-refractivity contribution in [2.24, 2.45) is 0 Å². The summed E-state index contributed by atoms with van der Waals surface area (Å²) in [7, 11) is 0. The predicted molar refractivity (Wildman–Crippen MR) is 110 cm³/mol. The molecule has 3 aromatic rings. The molecule has 1 aliphatic rings. The second kappa shape index (κ2) is 7.74. The number of rotatable bonds is 5. The van der Waals surface area contributed by atoms with Crippen LogP contribution in [0.4, 0.5) is 0 Å². The topological polar surface area (TPSA) is 38.9 Å². The standard InChI is InChI=1S/C21H25N5S/c1-3-25-20(18-10-12-22-13-11-18)23-26(21(25)27)15-24-14-4-5-19(24)17-8-6-16(2)7-9-17/h6-13,19H,3-5,14-15H2,1-2H3. The van der Waals surface area contributed by atoms with Crippen molar-refractivity contribution < 1.29 is 0 Å². The van der Waals surface area contributed by atoms with E-state index in [0.29, 0.717) is 6.04 Å². The number of aryl methyl sites for hydroxylation is 1. The van der Waals surface area contributed by atoms with Crippen LogP contribution in [0.2, 0.25) is 0 Å². The third-order valence-electron chi connectivity index (χ3n) is 5.32. The van der Waals surface area contributed by atoms with Gasteiger partial charge in [0.15, 0.2) is 10.6 Å². The van der Waals surface area contributed by atoms with Gasteiger partial charge in [0.05, 0.1) is 6.67 Å². The second-order valence-corrected chi connectivity index (χ2v) is 7.47. The number of hydrogen-bond acceptors (Lipinski definition) is 4. The monoisotopic (exact) mass is 379 g/mol. The number of aromatic nitrogens is 4. The highest BCUT2D eigenvalue weighted by Crippen LogP contribution is 2.32. The van der Waals surface area contributed by atoms with E-state index in [4.69, 9.17) is 17.3 Å². The Bertz CT molecular complexity index is 958. The summed E-state index contributed by atoms with van der Waals surface area (Å²) in [5.41, 5.74) is 3.73. The fourth-order valence-electron chi connectivity index (χ4n) is 3.87. The number of likely N-dealkylation sites (tertiary alicyclic amines) is 1. The Kier molecular flexibility index (Phi) is 5.18. The van der Waals surface area contributed by atoms with Crippen molar-refractivity contribution in [2.75, 3.05) is 6.54 Å². The third-order valence-corrected chi connectivity index (χ3v) is 5.75. The zero-order valence-corrected chi connectivity index (χ0v) is 16.7. The highest BCUT2D eigenvalue weighted by Gasteiger charge is 2.27. The lowest BCUT2D eigenvalue weighted by molar-refractivity contribution is 0.190. The molecule has 0 saturated carbocycles. The van der Waals surface area contributed by atoms with Crippen molar-refractivity contribution in [1.82, 2.24) is 24.2 Å². The zero-order valence-electron chi connectivity index (χ0n) is 15.9. The van der Waals surface area contributed by atoms with Crippen LogP contribution >= 0.6 is 12.2 Å². The highest BCUT2D eigenvalue weighted by atomic mass is 32.1. The van der Waals surface area contributed by atoms with E-state index in [9.17, 15) is 0 Å². The first-order valence-corrected chi connectivity index (χ1v) is 9.97. The minimum Gasteiger partial charge on any atom is -0.300 e. The Labute approximate surface area is 165 Å². The van der Waals surface area contributed by atoms with E-state index in [-0.39, 0.29) is 0 Å². The number of benzene rings is 1. The van der Waals surface area contributed by atoms with Crippen molar-refractivity contribution in [3.05, 3.63) is 64.7 Å².